The van der Waals surface area contributed by atoms with Gasteiger partial charge in [0.1, 0.15) is 0 Å². The molecule has 0 radical (unpaired) electrons. The fourth-order valence-electron chi connectivity index (χ4n) is 1.49. The molecule has 2 N–H and O–H groups in total. The predicted molar refractivity (Wildman–Crippen MR) is 76.0 cm³/mol. The van der Waals surface area contributed by atoms with Gasteiger partial charge in [-0.25, -0.2) is 0 Å². The Morgan fingerprint density at radius 2 is 2.00 bits per heavy atom. The Bertz CT molecular complexity index is 359. The molecule has 2 atom stereocenters. The van der Waals surface area contributed by atoms with Crippen LogP contribution in [0.2, 0.25) is 0 Å². The van der Waals surface area contributed by atoms with E-state index in [1.807, 2.05) is 32.9 Å². The normalized spacial score (nSPS) is 15.6. The molecule has 0 spiro atoms. The van der Waals surface area contributed by atoms with E-state index < -0.39 is 0 Å². The lowest BCUT2D eigenvalue weighted by atomic mass is 9.89. The Balaban J connectivity index is 2.53. The topological polar surface area (TPSA) is 32.3 Å². The zero-order chi connectivity index (χ0) is 13.1. The van der Waals surface area contributed by atoms with Gasteiger partial charge in [-0.15, -0.1) is 0 Å². The van der Waals surface area contributed by atoms with Crippen molar-refractivity contribution in [3.63, 3.8) is 0 Å². The summed E-state index contributed by atoms with van der Waals surface area (Å²) >= 11 is 3.47. The molecule has 0 aromatic heterocycles. The van der Waals surface area contributed by atoms with E-state index in [9.17, 15) is 5.11 Å². The highest BCUT2D eigenvalue weighted by Crippen LogP contribution is 2.21. The van der Waals surface area contributed by atoms with Crippen LogP contribution in [0.3, 0.4) is 0 Å². The van der Waals surface area contributed by atoms with E-state index >= 15 is 0 Å². The maximum absolute atomic E-state index is 9.96. The van der Waals surface area contributed by atoms with Gasteiger partial charge in [0.15, 0.2) is 0 Å². The highest BCUT2D eigenvalue weighted by Gasteiger charge is 2.22. The molecule has 0 aliphatic heterocycles. The molecule has 1 aromatic carbocycles. The number of aliphatic hydroxyl groups is 1. The van der Waals surface area contributed by atoms with Crippen LogP contribution in [-0.4, -0.2) is 17.8 Å². The molecule has 0 saturated heterocycles. The molecule has 0 aliphatic rings. The molecule has 0 bridgehead atoms. The van der Waals surface area contributed by atoms with Crippen molar-refractivity contribution in [3.05, 3.63) is 34.3 Å². The van der Waals surface area contributed by atoms with E-state index in [0.717, 1.165) is 4.47 Å². The van der Waals surface area contributed by atoms with Crippen LogP contribution in [0.25, 0.3) is 0 Å². The van der Waals surface area contributed by atoms with Gasteiger partial charge in [-0.1, -0.05) is 48.8 Å². The lowest BCUT2D eigenvalue weighted by Crippen LogP contribution is -2.37. The summed E-state index contributed by atoms with van der Waals surface area (Å²) in [6.45, 7) is 8.85. The molecule has 1 unspecified atom stereocenters. The predicted octanol–water partition coefficient (Wildman–Crippen LogP) is 3.51. The number of benzene rings is 1. The molecule has 1 rings (SSSR count). The molecule has 0 heterocycles. The van der Waals surface area contributed by atoms with Crippen molar-refractivity contribution >= 4 is 15.9 Å². The van der Waals surface area contributed by atoms with Crippen molar-refractivity contribution in [1.82, 2.24) is 5.32 Å². The van der Waals surface area contributed by atoms with E-state index in [0.29, 0.717) is 6.54 Å². The largest absolute Gasteiger partial charge is 0.391 e. The van der Waals surface area contributed by atoms with Crippen LogP contribution in [0.1, 0.15) is 39.3 Å². The third kappa shape index (κ3) is 4.78. The molecule has 2 nitrogen and oxygen atoms in total. The van der Waals surface area contributed by atoms with E-state index in [4.69, 9.17) is 0 Å². The first-order valence-electron chi connectivity index (χ1n) is 5.97. The van der Waals surface area contributed by atoms with E-state index in [2.05, 4.69) is 40.3 Å². The molecular formula is C14H22BrNO. The monoisotopic (exact) mass is 299 g/mol. The van der Waals surface area contributed by atoms with E-state index in [1.165, 1.54) is 5.56 Å². The first-order valence-corrected chi connectivity index (χ1v) is 6.77. The smallest absolute Gasteiger partial charge is 0.0712 e. The van der Waals surface area contributed by atoms with Gasteiger partial charge in [0.2, 0.25) is 0 Å². The summed E-state index contributed by atoms with van der Waals surface area (Å²) in [7, 11) is 0. The van der Waals surface area contributed by atoms with Crippen molar-refractivity contribution in [3.8, 4) is 0 Å². The first kappa shape index (κ1) is 14.7. The second-order valence-corrected chi connectivity index (χ2v) is 6.48. The Morgan fingerprint density at radius 3 is 2.53 bits per heavy atom. The molecular weight excluding hydrogens is 278 g/mol. The molecule has 1 aromatic rings. The molecule has 0 fully saturated rings. The molecule has 0 saturated carbocycles. The fraction of sp³-hybridized carbons (Fsp3) is 0.571. The number of hydrogen-bond donors (Lipinski definition) is 2. The average Bonchev–Trinajstić information content (AvgIpc) is 2.24. The van der Waals surface area contributed by atoms with Crippen molar-refractivity contribution in [2.45, 2.75) is 39.8 Å². The Hall–Kier alpha value is -0.380. The van der Waals surface area contributed by atoms with E-state index in [-0.39, 0.29) is 17.6 Å². The summed E-state index contributed by atoms with van der Waals surface area (Å²) in [6.07, 6.45) is -0.336. The highest BCUT2D eigenvalue weighted by atomic mass is 79.9. The van der Waals surface area contributed by atoms with Crippen LogP contribution in [-0.2, 0) is 0 Å². The molecule has 17 heavy (non-hydrogen) atoms. The maximum atomic E-state index is 9.96. The minimum absolute atomic E-state index is 0.0794. The lowest BCUT2D eigenvalue weighted by molar-refractivity contribution is 0.0609. The quantitative estimate of drug-likeness (QED) is 0.892. The van der Waals surface area contributed by atoms with Gasteiger partial charge in [-0.2, -0.15) is 0 Å². The summed E-state index contributed by atoms with van der Waals surface area (Å²) in [5.41, 5.74) is 1.14. The number of hydrogen-bond acceptors (Lipinski definition) is 2. The lowest BCUT2D eigenvalue weighted by Gasteiger charge is -2.27. The first-order chi connectivity index (χ1) is 7.80. The minimum atomic E-state index is -0.336. The molecule has 0 amide bonds. The minimum Gasteiger partial charge on any atom is -0.391 e. The standard InChI is InChI=1S/C14H22BrNO/c1-10(11-6-5-7-12(15)8-11)16-9-13(17)14(2,3)4/h5-8,10,13,16-17H,9H2,1-4H3/t10-,13?/m1/s1. The van der Waals surface area contributed by atoms with Crippen LogP contribution < -0.4 is 5.32 Å². The summed E-state index contributed by atoms with van der Waals surface area (Å²) in [6, 6.07) is 8.47. The fourth-order valence-corrected chi connectivity index (χ4v) is 1.91. The van der Waals surface area contributed by atoms with Crippen LogP contribution in [0.15, 0.2) is 28.7 Å². The maximum Gasteiger partial charge on any atom is 0.0712 e. The summed E-state index contributed by atoms with van der Waals surface area (Å²) < 4.78 is 1.08. The third-order valence-electron chi connectivity index (χ3n) is 2.97. The van der Waals surface area contributed by atoms with E-state index in [1.54, 1.807) is 0 Å². The Labute approximate surface area is 113 Å². The number of nitrogens with one attached hydrogen (secondary N) is 1. The Morgan fingerprint density at radius 1 is 1.35 bits per heavy atom. The highest BCUT2D eigenvalue weighted by molar-refractivity contribution is 9.10. The van der Waals surface area contributed by atoms with Crippen LogP contribution in [0.5, 0.6) is 0 Å². The van der Waals surface area contributed by atoms with Gasteiger partial charge in [-0.3, -0.25) is 0 Å². The van der Waals surface area contributed by atoms with Gasteiger partial charge in [0.25, 0.3) is 0 Å². The van der Waals surface area contributed by atoms with Crippen molar-refractivity contribution in [2.75, 3.05) is 6.54 Å². The molecule has 0 aliphatic carbocycles. The SMILES string of the molecule is C[C@@H](NCC(O)C(C)(C)C)c1cccc(Br)c1. The van der Waals surface area contributed by atoms with Crippen molar-refractivity contribution in [2.24, 2.45) is 5.41 Å². The molecule has 96 valence electrons. The van der Waals surface area contributed by atoms with Crippen LogP contribution in [0.4, 0.5) is 0 Å². The number of halogens is 1. The van der Waals surface area contributed by atoms with Crippen LogP contribution >= 0.6 is 15.9 Å². The van der Waals surface area contributed by atoms with Crippen LogP contribution in [0, 0.1) is 5.41 Å². The summed E-state index contributed by atoms with van der Waals surface area (Å²) in [4.78, 5) is 0. The van der Waals surface area contributed by atoms with Gasteiger partial charge in [0, 0.05) is 17.1 Å². The second kappa shape index (κ2) is 5.98. The van der Waals surface area contributed by atoms with Crippen molar-refractivity contribution in [1.29, 1.82) is 0 Å². The van der Waals surface area contributed by atoms with Gasteiger partial charge in [-0.05, 0) is 30.0 Å². The Kier molecular flexibility index (Phi) is 5.17. The number of rotatable bonds is 4. The van der Waals surface area contributed by atoms with Gasteiger partial charge >= 0.3 is 0 Å². The zero-order valence-corrected chi connectivity index (χ0v) is 12.6. The number of aliphatic hydroxyl groups excluding tert-OH is 1. The average molecular weight is 300 g/mol. The summed E-state index contributed by atoms with van der Waals surface area (Å²) in [5.74, 6) is 0. The van der Waals surface area contributed by atoms with Crippen molar-refractivity contribution < 1.29 is 5.11 Å². The van der Waals surface area contributed by atoms with Gasteiger partial charge < -0.3 is 10.4 Å². The second-order valence-electron chi connectivity index (χ2n) is 5.57. The third-order valence-corrected chi connectivity index (χ3v) is 3.46. The zero-order valence-electron chi connectivity index (χ0n) is 11.0. The summed E-state index contributed by atoms with van der Waals surface area (Å²) in [5, 5.41) is 13.3. The molecule has 3 heteroatoms. The van der Waals surface area contributed by atoms with Gasteiger partial charge in [0.05, 0.1) is 6.10 Å².